The Morgan fingerprint density at radius 3 is 2.16 bits per heavy atom. The zero-order valence-electron chi connectivity index (χ0n) is 25.4. The summed E-state index contributed by atoms with van der Waals surface area (Å²) in [5, 5.41) is 23.0. The van der Waals surface area contributed by atoms with Crippen LogP contribution < -0.4 is 0 Å². The first-order chi connectivity index (χ1) is 20.0. The van der Waals surface area contributed by atoms with E-state index in [0.717, 1.165) is 18.1 Å². The number of hydrogen-bond acceptors (Lipinski definition) is 8. The van der Waals surface area contributed by atoms with Gasteiger partial charge in [-0.2, -0.15) is 0 Å². The summed E-state index contributed by atoms with van der Waals surface area (Å²) in [4.78, 5) is 80.5. The molecule has 0 aromatic heterocycles. The number of aliphatic hydroxyl groups is 1. The van der Waals surface area contributed by atoms with Crippen LogP contribution in [0, 0.1) is 34.5 Å². The number of carbonyl (C=O) groups excluding carboxylic acids is 6. The summed E-state index contributed by atoms with van der Waals surface area (Å²) in [6.45, 7) is 9.74. The van der Waals surface area contributed by atoms with Crippen molar-refractivity contribution in [3.8, 4) is 16.9 Å². The highest BCUT2D eigenvalue weighted by Crippen LogP contribution is 2.64. The van der Waals surface area contributed by atoms with Gasteiger partial charge in [-0.25, -0.2) is 0 Å². The number of aromatic hydroxyl groups is 1. The Kier molecular flexibility index (Phi) is 7.24. The van der Waals surface area contributed by atoms with E-state index in [-0.39, 0.29) is 29.9 Å². The second-order valence-electron chi connectivity index (χ2n) is 13.6. The van der Waals surface area contributed by atoms with E-state index < -0.39 is 69.0 Å². The summed E-state index contributed by atoms with van der Waals surface area (Å²) >= 11 is 0. The van der Waals surface area contributed by atoms with Crippen molar-refractivity contribution < 1.29 is 39.0 Å². The molecule has 3 unspecified atom stereocenters. The molecule has 0 radical (unpaired) electrons. The molecule has 0 amide bonds. The van der Waals surface area contributed by atoms with Gasteiger partial charge in [-0.15, -0.1) is 0 Å². The Bertz CT molecular complexity index is 1600. The minimum absolute atomic E-state index is 0.00377. The lowest BCUT2D eigenvalue weighted by Crippen LogP contribution is -2.76. The van der Waals surface area contributed by atoms with Crippen LogP contribution in [0.4, 0.5) is 0 Å². The van der Waals surface area contributed by atoms with Gasteiger partial charge in [-0.3, -0.25) is 28.8 Å². The molecule has 0 saturated heterocycles. The molecule has 5 rings (SSSR count). The maximum atomic E-state index is 14.4. The summed E-state index contributed by atoms with van der Waals surface area (Å²) in [7, 11) is 0. The van der Waals surface area contributed by atoms with E-state index in [1.807, 2.05) is 31.2 Å². The second kappa shape index (κ2) is 10.2. The van der Waals surface area contributed by atoms with Crippen LogP contribution in [0.3, 0.4) is 0 Å². The van der Waals surface area contributed by atoms with Crippen molar-refractivity contribution in [1.29, 1.82) is 0 Å². The number of carbonyl (C=O) groups is 6. The molecule has 8 heteroatoms. The third-order valence-corrected chi connectivity index (χ3v) is 10.3. The molecule has 226 valence electrons. The minimum atomic E-state index is -2.72. The van der Waals surface area contributed by atoms with Crippen molar-refractivity contribution in [3.63, 3.8) is 0 Å². The minimum Gasteiger partial charge on any atom is -0.507 e. The van der Waals surface area contributed by atoms with Crippen molar-refractivity contribution >= 4 is 34.7 Å². The second-order valence-corrected chi connectivity index (χ2v) is 13.6. The average molecular weight is 587 g/mol. The highest BCUT2D eigenvalue weighted by molar-refractivity contribution is 6.32. The lowest BCUT2D eigenvalue weighted by atomic mass is 9.40. The van der Waals surface area contributed by atoms with Gasteiger partial charge in [-0.05, 0) is 59.4 Å². The monoisotopic (exact) mass is 586 g/mol. The normalized spacial score (nSPS) is 31.9. The van der Waals surface area contributed by atoms with Crippen molar-refractivity contribution in [2.24, 2.45) is 34.5 Å². The number of phenols is 1. The number of Topliss-reactive ketones (excluding diaryl/α,β-unsaturated/α-hetero) is 6. The third kappa shape index (κ3) is 4.20. The fourth-order valence-corrected chi connectivity index (χ4v) is 8.56. The van der Waals surface area contributed by atoms with Gasteiger partial charge in [0.1, 0.15) is 23.2 Å². The Morgan fingerprint density at radius 2 is 1.60 bits per heavy atom. The SMILES string of the molecule is CCC(=O)Cc1ccc(-c2ccc(O)c3c2C[C@]2(C)C[C@]4(C)C(C(C)C)C(=O)C(C(C)=O)C(=O)[C@]4(O)C(=O)C2C3=O)cc1. The lowest BCUT2D eigenvalue weighted by molar-refractivity contribution is -0.205. The Labute approximate surface area is 250 Å². The van der Waals surface area contributed by atoms with E-state index in [4.69, 9.17) is 0 Å². The molecule has 6 atom stereocenters. The summed E-state index contributed by atoms with van der Waals surface area (Å²) in [5.74, 6) is -9.03. The Hall–Kier alpha value is -3.78. The van der Waals surface area contributed by atoms with E-state index in [9.17, 15) is 39.0 Å². The molecular weight excluding hydrogens is 548 g/mol. The van der Waals surface area contributed by atoms with Gasteiger partial charge in [0.2, 0.25) is 0 Å². The van der Waals surface area contributed by atoms with Crippen LogP contribution in [-0.2, 0) is 36.8 Å². The molecule has 2 saturated carbocycles. The van der Waals surface area contributed by atoms with Crippen molar-refractivity contribution in [1.82, 2.24) is 0 Å². The molecule has 2 N–H and O–H groups in total. The van der Waals surface area contributed by atoms with E-state index in [1.165, 1.54) is 6.07 Å². The maximum Gasteiger partial charge on any atom is 0.190 e. The molecule has 0 heterocycles. The maximum absolute atomic E-state index is 14.4. The van der Waals surface area contributed by atoms with Gasteiger partial charge in [0, 0.05) is 24.2 Å². The van der Waals surface area contributed by atoms with Crippen molar-refractivity contribution in [3.05, 3.63) is 53.1 Å². The van der Waals surface area contributed by atoms with Crippen molar-refractivity contribution in [2.45, 2.75) is 72.8 Å². The molecule has 0 spiro atoms. The molecule has 0 aliphatic heterocycles. The third-order valence-electron chi connectivity index (χ3n) is 10.3. The van der Waals surface area contributed by atoms with E-state index >= 15 is 0 Å². The first-order valence-electron chi connectivity index (χ1n) is 14.9. The van der Waals surface area contributed by atoms with Crippen LogP contribution in [0.15, 0.2) is 36.4 Å². The van der Waals surface area contributed by atoms with Gasteiger partial charge in [0.05, 0.1) is 11.5 Å². The Balaban J connectivity index is 1.67. The van der Waals surface area contributed by atoms with Gasteiger partial charge >= 0.3 is 0 Å². The van der Waals surface area contributed by atoms with Crippen LogP contribution in [0.25, 0.3) is 11.1 Å². The average Bonchev–Trinajstić information content (AvgIpc) is 2.91. The first-order valence-corrected chi connectivity index (χ1v) is 14.9. The van der Waals surface area contributed by atoms with Crippen LogP contribution in [0.5, 0.6) is 5.75 Å². The highest BCUT2D eigenvalue weighted by Gasteiger charge is 2.76. The smallest absolute Gasteiger partial charge is 0.190 e. The zero-order valence-corrected chi connectivity index (χ0v) is 25.4. The Morgan fingerprint density at radius 1 is 0.977 bits per heavy atom. The molecule has 43 heavy (non-hydrogen) atoms. The predicted molar refractivity (Wildman–Crippen MR) is 157 cm³/mol. The quantitative estimate of drug-likeness (QED) is 0.478. The van der Waals surface area contributed by atoms with Gasteiger partial charge in [-0.1, -0.05) is 65.0 Å². The molecule has 2 aromatic carbocycles. The first kappa shape index (κ1) is 30.7. The molecule has 2 fully saturated rings. The van der Waals surface area contributed by atoms with Crippen LogP contribution in [0.2, 0.25) is 0 Å². The fraction of sp³-hybridized carbons (Fsp3) is 0.486. The standard InChI is InChI=1S/C35H38O8/c1-7-21(37)14-19-8-10-20(11-9-19)22-12-13-24(38)26-23(22)15-33(5)16-34(6)27(17(2)3)29(39)25(18(4)36)31(41)35(34,43)32(42)28(33)30(26)40/h8-13,17,25,27-28,38,43H,7,14-16H2,1-6H3/t25?,27?,28?,33-,34-,35+/m1/s1. The van der Waals surface area contributed by atoms with Crippen LogP contribution in [-0.4, -0.2) is 50.5 Å². The number of benzene rings is 2. The van der Waals surface area contributed by atoms with Crippen LogP contribution in [0.1, 0.15) is 75.9 Å². The topological polar surface area (TPSA) is 143 Å². The number of phenolic OH excluding ortho intramolecular Hbond substituents is 1. The molecule has 0 bridgehead atoms. The summed E-state index contributed by atoms with van der Waals surface area (Å²) in [6, 6.07) is 10.5. The summed E-state index contributed by atoms with van der Waals surface area (Å²) in [5.41, 5.74) is -2.58. The molecule has 3 aliphatic carbocycles. The molecule has 2 aromatic rings. The molecular formula is C35H38O8. The fourth-order valence-electron chi connectivity index (χ4n) is 8.56. The molecule has 8 nitrogen and oxygen atoms in total. The van der Waals surface area contributed by atoms with E-state index in [2.05, 4.69) is 0 Å². The predicted octanol–water partition coefficient (Wildman–Crippen LogP) is 4.28. The highest BCUT2D eigenvalue weighted by atomic mass is 16.3. The van der Waals surface area contributed by atoms with Crippen LogP contribution >= 0.6 is 0 Å². The zero-order chi connectivity index (χ0) is 31.8. The number of fused-ring (bicyclic) bond motifs is 3. The largest absolute Gasteiger partial charge is 0.507 e. The summed E-state index contributed by atoms with van der Waals surface area (Å²) < 4.78 is 0. The number of ketones is 6. The number of rotatable bonds is 6. The van der Waals surface area contributed by atoms with Gasteiger partial charge in [0.15, 0.2) is 28.7 Å². The summed E-state index contributed by atoms with van der Waals surface area (Å²) in [6.07, 6.45) is 0.910. The lowest BCUT2D eigenvalue weighted by Gasteiger charge is -2.61. The van der Waals surface area contributed by atoms with Crippen molar-refractivity contribution in [2.75, 3.05) is 0 Å². The van der Waals surface area contributed by atoms with Gasteiger partial charge in [0.25, 0.3) is 0 Å². The van der Waals surface area contributed by atoms with E-state index in [0.29, 0.717) is 24.0 Å². The number of hydrogen-bond donors (Lipinski definition) is 2. The molecule has 3 aliphatic rings. The van der Waals surface area contributed by atoms with Gasteiger partial charge < -0.3 is 10.2 Å². The van der Waals surface area contributed by atoms with E-state index in [1.54, 1.807) is 33.8 Å².